The number of hydrogen-bond donors (Lipinski definition) is 2. The van der Waals surface area contributed by atoms with Crippen LogP contribution in [0.5, 0.6) is 11.5 Å². The first-order valence-electron chi connectivity index (χ1n) is 9.10. The lowest BCUT2D eigenvalue weighted by Gasteiger charge is -2.15. The molecule has 2 aromatic rings. The second kappa shape index (κ2) is 10.9. The van der Waals surface area contributed by atoms with Crippen molar-refractivity contribution in [3.63, 3.8) is 0 Å². The molecule has 0 spiro atoms. The van der Waals surface area contributed by atoms with Crippen LogP contribution in [0, 0.1) is 6.92 Å². The molecule has 0 aliphatic rings. The minimum atomic E-state index is -0.224. The number of ether oxygens (including phenoxy) is 2. The summed E-state index contributed by atoms with van der Waals surface area (Å²) in [5.41, 5.74) is 2.97. The topological polar surface area (TPSA) is 59.6 Å². The van der Waals surface area contributed by atoms with Crippen LogP contribution in [0.25, 0.3) is 0 Å². The van der Waals surface area contributed by atoms with Crippen molar-refractivity contribution in [2.45, 2.75) is 33.2 Å². The van der Waals surface area contributed by atoms with Gasteiger partial charge in [-0.3, -0.25) is 4.79 Å². The van der Waals surface area contributed by atoms with Gasteiger partial charge in [0.1, 0.15) is 0 Å². The number of carbonyl (C=O) groups is 1. The smallest absolute Gasteiger partial charge is 0.262 e. The van der Waals surface area contributed by atoms with Crippen LogP contribution in [0.2, 0.25) is 0 Å². The summed E-state index contributed by atoms with van der Waals surface area (Å²) in [6.45, 7) is 5.80. The van der Waals surface area contributed by atoms with E-state index in [1.54, 1.807) is 7.11 Å². The van der Waals surface area contributed by atoms with Crippen molar-refractivity contribution in [3.8, 4) is 11.5 Å². The molecule has 2 aromatic carbocycles. The van der Waals surface area contributed by atoms with E-state index in [0.717, 1.165) is 47.2 Å². The number of anilines is 1. The zero-order valence-electron chi connectivity index (χ0n) is 16.1. The number of benzene rings is 2. The van der Waals surface area contributed by atoms with Gasteiger partial charge in [-0.25, -0.2) is 0 Å². The van der Waals surface area contributed by atoms with Gasteiger partial charge >= 0.3 is 0 Å². The van der Waals surface area contributed by atoms with E-state index in [9.17, 15) is 4.79 Å². The number of unbranched alkanes of at least 4 members (excludes halogenated alkanes) is 1. The number of nitrogens with one attached hydrogen (secondary N) is 2. The van der Waals surface area contributed by atoms with E-state index in [2.05, 4.69) is 33.5 Å². The summed E-state index contributed by atoms with van der Waals surface area (Å²) in [5.74, 6) is 0.895. The summed E-state index contributed by atoms with van der Waals surface area (Å²) in [4.78, 5) is 12.1. The van der Waals surface area contributed by atoms with Crippen molar-refractivity contribution in [1.82, 2.24) is 5.32 Å². The average molecular weight is 435 g/mol. The summed E-state index contributed by atoms with van der Waals surface area (Å²) in [6, 6.07) is 11.5. The van der Waals surface area contributed by atoms with Gasteiger partial charge in [0.25, 0.3) is 5.91 Å². The van der Waals surface area contributed by atoms with Crippen LogP contribution in [-0.4, -0.2) is 26.2 Å². The Morgan fingerprint density at radius 2 is 1.93 bits per heavy atom. The van der Waals surface area contributed by atoms with Crippen molar-refractivity contribution in [1.29, 1.82) is 0 Å². The number of methoxy groups -OCH3 is 1. The number of carbonyl (C=O) groups excluding carboxylic acids is 1. The van der Waals surface area contributed by atoms with Crippen LogP contribution in [-0.2, 0) is 11.3 Å². The maximum atomic E-state index is 12.1. The zero-order valence-corrected chi connectivity index (χ0v) is 17.7. The lowest BCUT2D eigenvalue weighted by atomic mass is 10.2. The van der Waals surface area contributed by atoms with Crippen molar-refractivity contribution in [3.05, 3.63) is 52.0 Å². The quantitative estimate of drug-likeness (QED) is 0.533. The van der Waals surface area contributed by atoms with Gasteiger partial charge in [-0.1, -0.05) is 31.0 Å². The number of halogens is 1. The van der Waals surface area contributed by atoms with Gasteiger partial charge in [0, 0.05) is 12.2 Å². The molecule has 2 rings (SSSR count). The summed E-state index contributed by atoms with van der Waals surface area (Å²) in [6.07, 6.45) is 2.31. The summed E-state index contributed by atoms with van der Waals surface area (Å²) < 4.78 is 11.9. The van der Waals surface area contributed by atoms with Gasteiger partial charge < -0.3 is 20.1 Å². The summed E-state index contributed by atoms with van der Waals surface area (Å²) in [5, 5.41) is 6.22. The van der Waals surface area contributed by atoms with Crippen LogP contribution in [0.4, 0.5) is 5.69 Å². The average Bonchev–Trinajstić information content (AvgIpc) is 2.66. The Labute approximate surface area is 169 Å². The standard InChI is InChI=1S/C21H27BrN2O3/c1-4-5-10-23-13-16-11-18(22)21(19(12-16)26-3)27-14-20(25)24-17-8-6-15(2)7-9-17/h6-9,11-12,23H,4-5,10,13-14H2,1-3H3,(H,24,25). The predicted octanol–water partition coefficient (Wildman–Crippen LogP) is 4.67. The second-order valence-corrected chi connectivity index (χ2v) is 7.20. The van der Waals surface area contributed by atoms with Gasteiger partial charge in [0.05, 0.1) is 11.6 Å². The minimum Gasteiger partial charge on any atom is -0.493 e. The Morgan fingerprint density at radius 3 is 2.59 bits per heavy atom. The maximum absolute atomic E-state index is 12.1. The molecule has 0 heterocycles. The van der Waals surface area contributed by atoms with Crippen LogP contribution in [0.15, 0.2) is 40.9 Å². The SMILES string of the molecule is CCCCNCc1cc(Br)c(OCC(=O)Nc2ccc(C)cc2)c(OC)c1. The molecule has 0 unspecified atom stereocenters. The van der Waals surface area contributed by atoms with Crippen molar-refractivity contribution in [2.75, 3.05) is 25.6 Å². The van der Waals surface area contributed by atoms with Gasteiger partial charge in [-0.2, -0.15) is 0 Å². The van der Waals surface area contributed by atoms with Crippen LogP contribution >= 0.6 is 15.9 Å². The first-order chi connectivity index (χ1) is 13.0. The number of rotatable bonds is 10. The lowest BCUT2D eigenvalue weighted by Crippen LogP contribution is -2.20. The third kappa shape index (κ3) is 6.88. The molecule has 0 saturated heterocycles. The monoisotopic (exact) mass is 434 g/mol. The van der Waals surface area contributed by atoms with E-state index in [1.807, 2.05) is 43.3 Å². The van der Waals surface area contributed by atoms with Crippen LogP contribution in [0.3, 0.4) is 0 Å². The third-order valence-electron chi connectivity index (χ3n) is 4.01. The van der Waals surface area contributed by atoms with E-state index >= 15 is 0 Å². The molecule has 0 radical (unpaired) electrons. The largest absolute Gasteiger partial charge is 0.493 e. The Kier molecular flexibility index (Phi) is 8.61. The fourth-order valence-corrected chi connectivity index (χ4v) is 3.13. The summed E-state index contributed by atoms with van der Waals surface area (Å²) >= 11 is 3.52. The van der Waals surface area contributed by atoms with E-state index in [0.29, 0.717) is 11.5 Å². The molecule has 0 saturated carbocycles. The summed E-state index contributed by atoms with van der Waals surface area (Å²) in [7, 11) is 1.59. The molecule has 0 aliphatic carbocycles. The lowest BCUT2D eigenvalue weighted by molar-refractivity contribution is -0.118. The maximum Gasteiger partial charge on any atom is 0.262 e. The third-order valence-corrected chi connectivity index (χ3v) is 4.60. The van der Waals surface area contributed by atoms with Gasteiger partial charge in [-0.15, -0.1) is 0 Å². The number of amides is 1. The van der Waals surface area contributed by atoms with Gasteiger partial charge in [-0.05, 0) is 65.6 Å². The Balaban J connectivity index is 1.96. The highest BCUT2D eigenvalue weighted by Crippen LogP contribution is 2.36. The molecule has 27 heavy (non-hydrogen) atoms. The highest BCUT2D eigenvalue weighted by atomic mass is 79.9. The van der Waals surface area contributed by atoms with E-state index in [4.69, 9.17) is 9.47 Å². The van der Waals surface area contributed by atoms with E-state index in [-0.39, 0.29) is 12.5 Å². The van der Waals surface area contributed by atoms with Crippen LogP contribution < -0.4 is 20.1 Å². The number of hydrogen-bond acceptors (Lipinski definition) is 4. The van der Waals surface area contributed by atoms with Crippen molar-refractivity contribution in [2.24, 2.45) is 0 Å². The molecule has 6 heteroatoms. The predicted molar refractivity (Wildman–Crippen MR) is 113 cm³/mol. The molecule has 0 fully saturated rings. The first-order valence-corrected chi connectivity index (χ1v) is 9.89. The van der Waals surface area contributed by atoms with Gasteiger partial charge in [0.15, 0.2) is 18.1 Å². The Bertz CT molecular complexity index is 748. The number of aryl methyl sites for hydroxylation is 1. The molecule has 2 N–H and O–H groups in total. The first kappa shape index (κ1) is 21.3. The highest BCUT2D eigenvalue weighted by Gasteiger charge is 2.13. The minimum absolute atomic E-state index is 0.100. The van der Waals surface area contributed by atoms with Crippen LogP contribution in [0.1, 0.15) is 30.9 Å². The Morgan fingerprint density at radius 1 is 1.19 bits per heavy atom. The molecule has 0 aromatic heterocycles. The highest BCUT2D eigenvalue weighted by molar-refractivity contribution is 9.10. The molecule has 1 amide bonds. The Hall–Kier alpha value is -2.05. The molecule has 0 bridgehead atoms. The van der Waals surface area contributed by atoms with E-state index < -0.39 is 0 Å². The van der Waals surface area contributed by atoms with Crippen molar-refractivity contribution >= 4 is 27.5 Å². The van der Waals surface area contributed by atoms with E-state index in [1.165, 1.54) is 0 Å². The molecule has 146 valence electrons. The molecule has 0 atom stereocenters. The molecular weight excluding hydrogens is 408 g/mol. The normalized spacial score (nSPS) is 10.5. The molecular formula is C21H27BrN2O3. The van der Waals surface area contributed by atoms with Crippen molar-refractivity contribution < 1.29 is 14.3 Å². The fraction of sp³-hybridized carbons (Fsp3) is 0.381. The zero-order chi connectivity index (χ0) is 19.6. The van der Waals surface area contributed by atoms with Gasteiger partial charge in [0.2, 0.25) is 0 Å². The second-order valence-electron chi connectivity index (χ2n) is 6.34. The molecule has 5 nitrogen and oxygen atoms in total. The molecule has 0 aliphatic heterocycles. The fourth-order valence-electron chi connectivity index (χ4n) is 2.52.